The second-order valence-electron chi connectivity index (χ2n) is 11.7. The van der Waals surface area contributed by atoms with Crippen molar-refractivity contribution in [1.29, 1.82) is 0 Å². The van der Waals surface area contributed by atoms with E-state index in [-0.39, 0.29) is 5.91 Å². The van der Waals surface area contributed by atoms with Crippen LogP contribution in [0.2, 0.25) is 0 Å². The van der Waals surface area contributed by atoms with E-state index in [4.69, 9.17) is 9.47 Å². The van der Waals surface area contributed by atoms with Gasteiger partial charge in [-0.2, -0.15) is 0 Å². The smallest absolute Gasteiger partial charge is 0.412 e. The lowest BCUT2D eigenvalue weighted by Crippen LogP contribution is -2.38. The second-order valence-corrected chi connectivity index (χ2v) is 11.7. The molecule has 3 aromatic carbocycles. The number of fused-ring (bicyclic) bond motifs is 1. The Morgan fingerprint density at radius 1 is 0.930 bits per heavy atom. The topological polar surface area (TPSA) is 84.8 Å². The molecule has 224 valence electrons. The van der Waals surface area contributed by atoms with Crippen molar-refractivity contribution < 1.29 is 19.1 Å². The molecule has 5 rings (SSSR count). The van der Waals surface area contributed by atoms with Crippen molar-refractivity contribution in [2.24, 2.45) is 0 Å². The summed E-state index contributed by atoms with van der Waals surface area (Å²) in [6.07, 6.45) is 4.16. The van der Waals surface area contributed by atoms with Crippen molar-refractivity contribution in [1.82, 2.24) is 9.47 Å². The summed E-state index contributed by atoms with van der Waals surface area (Å²) in [5, 5.41) is 6.87. The molecule has 0 spiro atoms. The van der Waals surface area contributed by atoms with Crippen LogP contribution < -0.4 is 10.6 Å². The Bertz CT molecular complexity index is 1600. The van der Waals surface area contributed by atoms with Crippen LogP contribution in [-0.4, -0.2) is 59.9 Å². The van der Waals surface area contributed by atoms with Crippen molar-refractivity contribution >= 4 is 34.3 Å². The number of carbonyl (C=O) groups is 2. The number of morpholine rings is 1. The van der Waals surface area contributed by atoms with Gasteiger partial charge in [-0.1, -0.05) is 42.5 Å². The highest BCUT2D eigenvalue weighted by Crippen LogP contribution is 2.31. The monoisotopic (exact) mass is 580 g/mol. The Kier molecular flexibility index (Phi) is 9.28. The van der Waals surface area contributed by atoms with Crippen LogP contribution in [0.4, 0.5) is 16.2 Å². The number of anilines is 2. The van der Waals surface area contributed by atoms with Crippen LogP contribution in [-0.2, 0) is 22.4 Å². The maximum absolute atomic E-state index is 13.7. The molecule has 1 fully saturated rings. The number of benzene rings is 3. The number of amides is 2. The number of allylic oxidation sites excluding steroid dienone is 1. The fourth-order valence-electron chi connectivity index (χ4n) is 5.26. The molecule has 2 N–H and O–H groups in total. The van der Waals surface area contributed by atoms with Gasteiger partial charge in [0.15, 0.2) is 0 Å². The predicted molar refractivity (Wildman–Crippen MR) is 173 cm³/mol. The minimum atomic E-state index is -0.658. The van der Waals surface area contributed by atoms with Crippen LogP contribution in [0.5, 0.6) is 0 Å². The van der Waals surface area contributed by atoms with Gasteiger partial charge in [0, 0.05) is 48.8 Å². The number of hydrogen-bond donors (Lipinski definition) is 2. The maximum atomic E-state index is 13.7. The van der Waals surface area contributed by atoms with Crippen LogP contribution in [0.3, 0.4) is 0 Å². The van der Waals surface area contributed by atoms with Crippen LogP contribution in [0.1, 0.15) is 36.7 Å². The molecule has 0 bridgehead atoms. The van der Waals surface area contributed by atoms with E-state index in [1.165, 1.54) is 0 Å². The molecule has 0 unspecified atom stereocenters. The maximum Gasteiger partial charge on any atom is 0.412 e. The van der Waals surface area contributed by atoms with Gasteiger partial charge in [-0.3, -0.25) is 15.0 Å². The first-order valence-electron chi connectivity index (χ1n) is 14.7. The molecular weight excluding hydrogens is 540 g/mol. The number of nitrogens with zero attached hydrogens (tertiary/aromatic N) is 2. The molecule has 0 saturated carbocycles. The van der Waals surface area contributed by atoms with E-state index in [0.717, 1.165) is 67.0 Å². The standard InChI is InChI=1S/C35H40N4O4/c1-5-9-28-24-39(17-16-38-18-20-42-21-19-38)32-15-13-27(22-29(28)32)33(40)36-31-23-26(25-10-7-6-8-11-25)12-14-30(31)37-34(41)43-35(2,3)4/h5-8,10-15,22-24H,1,9,16-21H2,2-4H3,(H,36,40)(H,37,41). The van der Waals surface area contributed by atoms with Gasteiger partial charge in [-0.25, -0.2) is 4.79 Å². The zero-order valence-corrected chi connectivity index (χ0v) is 25.2. The lowest BCUT2D eigenvalue weighted by molar-refractivity contribution is 0.0365. The molecule has 1 saturated heterocycles. The molecule has 0 radical (unpaired) electrons. The summed E-state index contributed by atoms with van der Waals surface area (Å²) < 4.78 is 13.2. The molecule has 1 aliphatic rings. The minimum absolute atomic E-state index is 0.273. The number of nitrogens with one attached hydrogen (secondary N) is 2. The van der Waals surface area contributed by atoms with Gasteiger partial charge in [0.1, 0.15) is 5.60 Å². The van der Waals surface area contributed by atoms with E-state index >= 15 is 0 Å². The third-order valence-electron chi connectivity index (χ3n) is 7.36. The van der Waals surface area contributed by atoms with E-state index in [1.54, 1.807) is 26.8 Å². The molecule has 4 aromatic rings. The van der Waals surface area contributed by atoms with Gasteiger partial charge in [0.25, 0.3) is 5.91 Å². The Morgan fingerprint density at radius 3 is 2.42 bits per heavy atom. The number of hydrogen-bond acceptors (Lipinski definition) is 5. The molecule has 0 aliphatic carbocycles. The zero-order valence-electron chi connectivity index (χ0n) is 25.2. The number of ether oxygens (including phenoxy) is 2. The number of aromatic nitrogens is 1. The lowest BCUT2D eigenvalue weighted by Gasteiger charge is -2.26. The third kappa shape index (κ3) is 7.71. The van der Waals surface area contributed by atoms with Crippen molar-refractivity contribution in [2.45, 2.75) is 39.3 Å². The quantitative estimate of drug-likeness (QED) is 0.209. The SMILES string of the molecule is C=CCc1cn(CCN2CCOCC2)c2ccc(C(=O)Nc3cc(-c4ccccc4)ccc3NC(=O)OC(C)(C)C)cc12. The van der Waals surface area contributed by atoms with Gasteiger partial charge in [0.2, 0.25) is 0 Å². The Morgan fingerprint density at radius 2 is 1.70 bits per heavy atom. The molecular formula is C35H40N4O4. The normalized spacial score (nSPS) is 13.9. The summed E-state index contributed by atoms with van der Waals surface area (Å²) in [4.78, 5) is 28.7. The van der Waals surface area contributed by atoms with Crippen LogP contribution in [0, 0.1) is 0 Å². The van der Waals surface area contributed by atoms with Crippen molar-refractivity contribution in [3.05, 3.63) is 96.7 Å². The van der Waals surface area contributed by atoms with Gasteiger partial charge in [-0.15, -0.1) is 6.58 Å². The molecule has 2 heterocycles. The van der Waals surface area contributed by atoms with E-state index in [2.05, 4.69) is 32.9 Å². The summed E-state index contributed by atoms with van der Waals surface area (Å²) in [5.41, 5.74) is 4.91. The zero-order chi connectivity index (χ0) is 30.4. The first-order valence-corrected chi connectivity index (χ1v) is 14.7. The summed E-state index contributed by atoms with van der Waals surface area (Å²) in [6, 6.07) is 21.2. The molecule has 1 aliphatic heterocycles. The van der Waals surface area contributed by atoms with Gasteiger partial charge in [-0.05, 0) is 74.2 Å². The van der Waals surface area contributed by atoms with Crippen molar-refractivity contribution in [3.8, 4) is 11.1 Å². The molecule has 8 nitrogen and oxygen atoms in total. The first-order chi connectivity index (χ1) is 20.7. The van der Waals surface area contributed by atoms with E-state index in [1.807, 2.05) is 66.7 Å². The summed E-state index contributed by atoms with van der Waals surface area (Å²) in [5.74, 6) is -0.273. The third-order valence-corrected chi connectivity index (χ3v) is 7.36. The van der Waals surface area contributed by atoms with Gasteiger partial charge in [0.05, 0.1) is 24.6 Å². The van der Waals surface area contributed by atoms with Gasteiger partial charge >= 0.3 is 6.09 Å². The number of carbonyl (C=O) groups excluding carboxylic acids is 2. The number of rotatable bonds is 9. The van der Waals surface area contributed by atoms with Crippen molar-refractivity contribution in [2.75, 3.05) is 43.5 Å². The minimum Gasteiger partial charge on any atom is -0.444 e. The van der Waals surface area contributed by atoms with E-state index in [9.17, 15) is 9.59 Å². The molecule has 2 amide bonds. The fraction of sp³-hybridized carbons (Fsp3) is 0.314. The summed E-state index contributed by atoms with van der Waals surface area (Å²) >= 11 is 0. The highest BCUT2D eigenvalue weighted by Gasteiger charge is 2.20. The summed E-state index contributed by atoms with van der Waals surface area (Å²) in [6.45, 7) is 14.6. The highest BCUT2D eigenvalue weighted by atomic mass is 16.6. The van der Waals surface area contributed by atoms with Crippen LogP contribution in [0.25, 0.3) is 22.0 Å². The predicted octanol–water partition coefficient (Wildman–Crippen LogP) is 6.97. The first kappa shape index (κ1) is 30.1. The average Bonchev–Trinajstić information content (AvgIpc) is 3.33. The highest BCUT2D eigenvalue weighted by molar-refractivity contribution is 6.09. The Balaban J connectivity index is 1.42. The van der Waals surface area contributed by atoms with Gasteiger partial charge < -0.3 is 19.4 Å². The molecule has 8 heteroatoms. The van der Waals surface area contributed by atoms with Crippen LogP contribution >= 0.6 is 0 Å². The molecule has 43 heavy (non-hydrogen) atoms. The molecule has 0 atom stereocenters. The van der Waals surface area contributed by atoms with Crippen LogP contribution in [0.15, 0.2) is 85.6 Å². The van der Waals surface area contributed by atoms with E-state index in [0.29, 0.717) is 23.4 Å². The van der Waals surface area contributed by atoms with E-state index < -0.39 is 11.7 Å². The lowest BCUT2D eigenvalue weighted by atomic mass is 10.0. The Labute approximate surface area is 253 Å². The molecule has 1 aromatic heterocycles. The summed E-state index contributed by atoms with van der Waals surface area (Å²) in [7, 11) is 0. The Hall–Kier alpha value is -4.40. The van der Waals surface area contributed by atoms with Crippen molar-refractivity contribution in [3.63, 3.8) is 0 Å². The average molecular weight is 581 g/mol. The fourth-order valence-corrected chi connectivity index (χ4v) is 5.26. The second kappa shape index (κ2) is 13.3. The largest absolute Gasteiger partial charge is 0.444 e.